The summed E-state index contributed by atoms with van der Waals surface area (Å²) in [6.45, 7) is 1.59. The summed E-state index contributed by atoms with van der Waals surface area (Å²) in [7, 11) is 0. The highest BCUT2D eigenvalue weighted by molar-refractivity contribution is 9.10. The minimum Gasteiger partial charge on any atom is -0.506 e. The summed E-state index contributed by atoms with van der Waals surface area (Å²) in [6.07, 6.45) is -0.680. The van der Waals surface area contributed by atoms with E-state index in [1.165, 1.54) is 0 Å². The molecule has 0 bridgehead atoms. The van der Waals surface area contributed by atoms with Crippen molar-refractivity contribution in [2.75, 3.05) is 0 Å². The van der Waals surface area contributed by atoms with Gasteiger partial charge in [-0.05, 0) is 28.9 Å². The summed E-state index contributed by atoms with van der Waals surface area (Å²) in [6, 6.07) is 4.62. The molecule has 0 radical (unpaired) electrons. The average Bonchev–Trinajstić information content (AvgIpc) is 2.08. The number of rotatable bonds is 2. The van der Waals surface area contributed by atoms with Crippen LogP contribution in [0, 0.1) is 0 Å². The zero-order valence-electron chi connectivity index (χ0n) is 7.64. The summed E-state index contributed by atoms with van der Waals surface area (Å²) < 4.78 is 0.584. The Labute approximate surface area is 97.5 Å². The van der Waals surface area contributed by atoms with Crippen LogP contribution in [0.4, 0.5) is 0 Å². The molecule has 1 aromatic carbocycles. The van der Waals surface area contributed by atoms with Crippen LogP contribution in [0.25, 0.3) is 0 Å². The largest absolute Gasteiger partial charge is 0.506 e. The first-order valence-corrected chi connectivity index (χ1v) is 4.74. The number of hydrogen-bond acceptors (Lipinski definition) is 3. The van der Waals surface area contributed by atoms with E-state index in [2.05, 4.69) is 15.9 Å². The summed E-state index contributed by atoms with van der Waals surface area (Å²) >= 11 is 3.18. The second-order valence-electron chi connectivity index (χ2n) is 2.94. The molecule has 0 spiro atoms. The van der Waals surface area contributed by atoms with Crippen LogP contribution < -0.4 is 5.73 Å². The minimum absolute atomic E-state index is 0. The van der Waals surface area contributed by atoms with Gasteiger partial charge in [0.25, 0.3) is 0 Å². The van der Waals surface area contributed by atoms with Crippen LogP contribution in [0.1, 0.15) is 18.5 Å². The first kappa shape index (κ1) is 13.7. The van der Waals surface area contributed by atoms with Crippen LogP contribution in [0.3, 0.4) is 0 Å². The molecule has 4 N–H and O–H groups in total. The molecule has 0 unspecified atom stereocenters. The number of aromatic hydroxyl groups is 1. The van der Waals surface area contributed by atoms with Crippen LogP contribution in [0.2, 0.25) is 0 Å². The van der Waals surface area contributed by atoms with E-state index in [0.29, 0.717) is 10.0 Å². The third-order valence-electron chi connectivity index (χ3n) is 1.90. The fourth-order valence-electron chi connectivity index (χ4n) is 1.06. The highest BCUT2D eigenvalue weighted by Crippen LogP contribution is 2.31. The number of aliphatic hydroxyl groups excluding tert-OH is 1. The van der Waals surface area contributed by atoms with Gasteiger partial charge in [-0.25, -0.2) is 0 Å². The lowest BCUT2D eigenvalue weighted by molar-refractivity contribution is 0.163. The van der Waals surface area contributed by atoms with Crippen molar-refractivity contribution in [3.63, 3.8) is 0 Å². The van der Waals surface area contributed by atoms with Crippen molar-refractivity contribution in [2.45, 2.75) is 19.1 Å². The van der Waals surface area contributed by atoms with E-state index in [0.717, 1.165) is 0 Å². The molecule has 0 aliphatic heterocycles. The molecule has 0 saturated carbocycles. The predicted molar refractivity (Wildman–Crippen MR) is 61.7 cm³/mol. The maximum atomic E-state index is 9.58. The van der Waals surface area contributed by atoms with Crippen molar-refractivity contribution in [1.29, 1.82) is 0 Å². The molecule has 1 rings (SSSR count). The Kier molecular flexibility index (Phi) is 5.44. The molecule has 0 saturated heterocycles. The van der Waals surface area contributed by atoms with Gasteiger partial charge in [0.1, 0.15) is 5.75 Å². The molecule has 0 amide bonds. The normalized spacial score (nSPS) is 14.3. The zero-order valence-corrected chi connectivity index (χ0v) is 10.0. The third kappa shape index (κ3) is 2.85. The van der Waals surface area contributed by atoms with Gasteiger partial charge < -0.3 is 15.9 Å². The van der Waals surface area contributed by atoms with E-state index >= 15 is 0 Å². The van der Waals surface area contributed by atoms with Crippen molar-refractivity contribution < 1.29 is 10.2 Å². The minimum atomic E-state index is -0.680. The van der Waals surface area contributed by atoms with Gasteiger partial charge in [-0.15, -0.1) is 12.4 Å². The summed E-state index contributed by atoms with van der Waals surface area (Å²) in [4.78, 5) is 0. The molecule has 3 nitrogen and oxygen atoms in total. The Morgan fingerprint density at radius 3 is 2.50 bits per heavy atom. The summed E-state index contributed by atoms with van der Waals surface area (Å²) in [5.41, 5.74) is 6.22. The molecule has 0 aliphatic rings. The lowest BCUT2D eigenvalue weighted by Gasteiger charge is -2.16. The van der Waals surface area contributed by atoms with Gasteiger partial charge in [-0.1, -0.05) is 12.1 Å². The van der Waals surface area contributed by atoms with Gasteiger partial charge in [0.2, 0.25) is 0 Å². The molecule has 2 atom stereocenters. The van der Waals surface area contributed by atoms with Gasteiger partial charge in [-0.3, -0.25) is 0 Å². The highest BCUT2D eigenvalue weighted by atomic mass is 79.9. The van der Waals surface area contributed by atoms with Crippen molar-refractivity contribution >= 4 is 28.3 Å². The SMILES string of the molecule is C[C@@H](O)[C@@H](N)c1cccc(Br)c1O.Cl. The Balaban J connectivity index is 0.00000169. The fraction of sp³-hybridized carbons (Fsp3) is 0.333. The molecular formula is C9H13BrClNO2. The molecule has 0 fully saturated rings. The number of phenolic OH excluding ortho intramolecular Hbond substituents is 1. The van der Waals surface area contributed by atoms with Crippen molar-refractivity contribution in [1.82, 2.24) is 0 Å². The maximum Gasteiger partial charge on any atom is 0.134 e. The van der Waals surface area contributed by atoms with E-state index in [9.17, 15) is 10.2 Å². The molecule has 0 heterocycles. The molecular weight excluding hydrogens is 269 g/mol. The summed E-state index contributed by atoms with van der Waals surface area (Å²) in [5.74, 6) is 0.0934. The standard InChI is InChI=1S/C9H12BrNO2.ClH/c1-5(12)8(11)6-3-2-4-7(10)9(6)13;/h2-5,8,12-13H,11H2,1H3;1H/t5-,8-;/m1./s1. The van der Waals surface area contributed by atoms with E-state index < -0.39 is 12.1 Å². The van der Waals surface area contributed by atoms with Crippen LogP contribution in [-0.2, 0) is 0 Å². The van der Waals surface area contributed by atoms with Crippen LogP contribution in [0.15, 0.2) is 22.7 Å². The van der Waals surface area contributed by atoms with Gasteiger partial charge in [0.05, 0.1) is 16.6 Å². The highest BCUT2D eigenvalue weighted by Gasteiger charge is 2.16. The number of para-hydroxylation sites is 1. The Hall–Kier alpha value is -0.290. The van der Waals surface area contributed by atoms with E-state index in [-0.39, 0.29) is 18.2 Å². The smallest absolute Gasteiger partial charge is 0.134 e. The van der Waals surface area contributed by atoms with Gasteiger partial charge in [0, 0.05) is 5.56 Å². The number of halogens is 2. The molecule has 80 valence electrons. The first-order valence-electron chi connectivity index (χ1n) is 3.95. The predicted octanol–water partition coefficient (Wildman–Crippen LogP) is 1.96. The van der Waals surface area contributed by atoms with Gasteiger partial charge >= 0.3 is 0 Å². The Morgan fingerprint density at radius 1 is 1.43 bits per heavy atom. The lowest BCUT2D eigenvalue weighted by Crippen LogP contribution is -2.23. The zero-order chi connectivity index (χ0) is 10.0. The van der Waals surface area contributed by atoms with Crippen molar-refractivity contribution in [3.8, 4) is 5.75 Å². The van der Waals surface area contributed by atoms with Gasteiger partial charge in [-0.2, -0.15) is 0 Å². The Bertz CT molecular complexity index is 307. The van der Waals surface area contributed by atoms with E-state index in [1.807, 2.05) is 0 Å². The van der Waals surface area contributed by atoms with Crippen molar-refractivity contribution in [3.05, 3.63) is 28.2 Å². The number of phenols is 1. The molecule has 5 heteroatoms. The van der Waals surface area contributed by atoms with Gasteiger partial charge in [0.15, 0.2) is 0 Å². The topological polar surface area (TPSA) is 66.5 Å². The monoisotopic (exact) mass is 281 g/mol. The summed E-state index contributed by atoms with van der Waals surface area (Å²) in [5, 5.41) is 18.8. The lowest BCUT2D eigenvalue weighted by atomic mass is 10.0. The number of aliphatic hydroxyl groups is 1. The number of benzene rings is 1. The second-order valence-corrected chi connectivity index (χ2v) is 3.80. The molecule has 1 aromatic rings. The van der Waals surface area contributed by atoms with E-state index in [1.54, 1.807) is 25.1 Å². The van der Waals surface area contributed by atoms with Crippen LogP contribution in [0.5, 0.6) is 5.75 Å². The number of hydrogen-bond donors (Lipinski definition) is 3. The number of nitrogens with two attached hydrogens (primary N) is 1. The van der Waals surface area contributed by atoms with Crippen molar-refractivity contribution in [2.24, 2.45) is 5.73 Å². The third-order valence-corrected chi connectivity index (χ3v) is 2.54. The molecule has 14 heavy (non-hydrogen) atoms. The molecule has 0 aliphatic carbocycles. The maximum absolute atomic E-state index is 9.58. The first-order chi connectivity index (χ1) is 6.04. The average molecular weight is 283 g/mol. The van der Waals surface area contributed by atoms with Crippen LogP contribution >= 0.6 is 28.3 Å². The second kappa shape index (κ2) is 5.56. The Morgan fingerprint density at radius 2 is 2.00 bits per heavy atom. The fourth-order valence-corrected chi connectivity index (χ4v) is 1.44. The van der Waals surface area contributed by atoms with E-state index in [4.69, 9.17) is 5.73 Å². The van der Waals surface area contributed by atoms with Crippen LogP contribution in [-0.4, -0.2) is 16.3 Å². The molecule has 0 aromatic heterocycles. The quantitative estimate of drug-likeness (QED) is 0.777.